The number of piperidine rings is 2. The van der Waals surface area contributed by atoms with Crippen LogP contribution in [-0.2, 0) is 4.79 Å². The molecule has 0 saturated carbocycles. The zero-order chi connectivity index (χ0) is 26.5. The third kappa shape index (κ3) is 6.12. The SMILES string of the molecule is CN/C=C(\C=N)C1=CC2=C(CC1C(F)F)N(C(=N)C1CN(C(C)=O)CCC1NC1CCNCC1)CCC2. The minimum atomic E-state index is -2.57. The molecule has 0 bridgehead atoms. The van der Waals surface area contributed by atoms with Gasteiger partial charge < -0.3 is 31.2 Å². The average Bonchev–Trinajstić information content (AvgIpc) is 2.90. The number of hydrogen-bond acceptors (Lipinski definition) is 6. The number of hydrogen-bond donors (Lipinski definition) is 5. The van der Waals surface area contributed by atoms with Crippen molar-refractivity contribution >= 4 is 18.0 Å². The quantitative estimate of drug-likeness (QED) is 0.264. The fraction of sp³-hybridized carbons (Fsp3) is 0.667. The van der Waals surface area contributed by atoms with Crippen molar-refractivity contribution in [2.24, 2.45) is 11.8 Å². The highest BCUT2D eigenvalue weighted by Gasteiger charge is 2.40. The summed E-state index contributed by atoms with van der Waals surface area (Å²) in [6, 6.07) is 0.448. The number of allylic oxidation sites excluding steroid dienone is 5. The van der Waals surface area contributed by atoms with Crippen molar-refractivity contribution in [1.29, 1.82) is 10.8 Å². The summed E-state index contributed by atoms with van der Waals surface area (Å²) in [7, 11) is 1.70. The molecule has 2 saturated heterocycles. The Labute approximate surface area is 218 Å². The topological polar surface area (TPSA) is 107 Å². The van der Waals surface area contributed by atoms with Crippen molar-refractivity contribution < 1.29 is 13.6 Å². The molecule has 3 atom stereocenters. The molecule has 10 heteroatoms. The Morgan fingerprint density at radius 3 is 2.65 bits per heavy atom. The Morgan fingerprint density at radius 2 is 2.00 bits per heavy atom. The molecule has 3 heterocycles. The van der Waals surface area contributed by atoms with Crippen molar-refractivity contribution in [1.82, 2.24) is 25.8 Å². The maximum absolute atomic E-state index is 14.3. The highest BCUT2D eigenvalue weighted by molar-refractivity contribution is 5.87. The highest BCUT2D eigenvalue weighted by atomic mass is 19.3. The molecule has 3 unspecified atom stereocenters. The van der Waals surface area contributed by atoms with E-state index in [0.29, 0.717) is 42.7 Å². The number of amidine groups is 1. The van der Waals surface area contributed by atoms with E-state index >= 15 is 0 Å². The number of amides is 1. The molecular weight excluding hydrogens is 476 g/mol. The van der Waals surface area contributed by atoms with E-state index in [2.05, 4.69) is 16.0 Å². The number of carbonyl (C=O) groups is 1. The number of likely N-dealkylation sites (tertiary alicyclic amines) is 1. The molecule has 5 N–H and O–H groups in total. The van der Waals surface area contributed by atoms with Gasteiger partial charge in [0.1, 0.15) is 5.84 Å². The van der Waals surface area contributed by atoms with Crippen molar-refractivity contribution in [3.05, 3.63) is 34.7 Å². The Balaban J connectivity index is 1.63. The van der Waals surface area contributed by atoms with Crippen LogP contribution in [-0.4, -0.2) is 86.0 Å². The van der Waals surface area contributed by atoms with E-state index in [1.54, 1.807) is 20.2 Å². The lowest BCUT2D eigenvalue weighted by Gasteiger charge is -2.45. The second-order valence-corrected chi connectivity index (χ2v) is 10.5. The van der Waals surface area contributed by atoms with Gasteiger partial charge in [0.05, 0.1) is 5.92 Å². The van der Waals surface area contributed by atoms with Gasteiger partial charge in [-0.1, -0.05) is 6.08 Å². The molecule has 0 radical (unpaired) electrons. The standard InChI is InChI=1S/C27H41F2N7O/c1-17(37)35-11-7-24(34-20-5-8-33-9-6-20)23(16-35)27(31)36-10-3-4-18-12-21(19(14-30)15-32-2)22(26(28)29)13-25(18)36/h12,14-15,20,22-24,26,30-34H,3-11,13,16H2,1-2H3/b19-15+,30-14?,31-27?. The van der Waals surface area contributed by atoms with E-state index < -0.39 is 12.3 Å². The Kier molecular flexibility index (Phi) is 9.13. The van der Waals surface area contributed by atoms with Crippen molar-refractivity contribution in [2.45, 2.75) is 64.0 Å². The first-order chi connectivity index (χ1) is 17.8. The summed E-state index contributed by atoms with van der Waals surface area (Å²) in [5.41, 5.74) is 2.73. The molecule has 0 aromatic heterocycles. The zero-order valence-corrected chi connectivity index (χ0v) is 22.0. The molecule has 3 aliphatic heterocycles. The van der Waals surface area contributed by atoms with E-state index in [1.807, 2.05) is 15.9 Å². The minimum Gasteiger partial charge on any atom is -0.393 e. The second-order valence-electron chi connectivity index (χ2n) is 10.5. The molecule has 1 amide bonds. The fourth-order valence-corrected chi connectivity index (χ4v) is 6.25. The van der Waals surface area contributed by atoms with Gasteiger partial charge in [0.25, 0.3) is 0 Å². The Morgan fingerprint density at radius 1 is 1.24 bits per heavy atom. The molecule has 1 aliphatic carbocycles. The summed E-state index contributed by atoms with van der Waals surface area (Å²) >= 11 is 0. The number of rotatable bonds is 7. The third-order valence-electron chi connectivity index (χ3n) is 8.25. The van der Waals surface area contributed by atoms with E-state index in [4.69, 9.17) is 5.41 Å². The number of nitrogens with zero attached hydrogens (tertiary/aromatic N) is 2. The number of nitrogens with one attached hydrogen (secondary N) is 5. The smallest absolute Gasteiger partial charge is 0.245 e. The molecule has 37 heavy (non-hydrogen) atoms. The molecule has 8 nitrogen and oxygen atoms in total. The van der Waals surface area contributed by atoms with Crippen LogP contribution in [0.3, 0.4) is 0 Å². The van der Waals surface area contributed by atoms with Crippen LogP contribution in [0, 0.1) is 22.7 Å². The largest absolute Gasteiger partial charge is 0.393 e. The van der Waals surface area contributed by atoms with Crippen LogP contribution in [0.15, 0.2) is 34.7 Å². The van der Waals surface area contributed by atoms with Gasteiger partial charge in [0, 0.05) is 81.7 Å². The molecule has 2 fully saturated rings. The van der Waals surface area contributed by atoms with Gasteiger partial charge >= 0.3 is 0 Å². The predicted octanol–water partition coefficient (Wildman–Crippen LogP) is 2.86. The van der Waals surface area contributed by atoms with Crippen molar-refractivity contribution in [3.8, 4) is 0 Å². The van der Waals surface area contributed by atoms with Crippen LogP contribution >= 0.6 is 0 Å². The van der Waals surface area contributed by atoms with Gasteiger partial charge in [-0.25, -0.2) is 8.78 Å². The Hall–Kier alpha value is -2.59. The van der Waals surface area contributed by atoms with Crippen LogP contribution in [0.4, 0.5) is 8.78 Å². The van der Waals surface area contributed by atoms with Gasteiger partial charge in [-0.2, -0.15) is 0 Å². The highest BCUT2D eigenvalue weighted by Crippen LogP contribution is 2.41. The van der Waals surface area contributed by atoms with Gasteiger partial charge in [-0.15, -0.1) is 0 Å². The van der Waals surface area contributed by atoms with Crippen LogP contribution in [0.5, 0.6) is 0 Å². The second kappa shape index (κ2) is 12.3. The normalized spacial score (nSPS) is 27.6. The van der Waals surface area contributed by atoms with Gasteiger partial charge in [0.15, 0.2) is 0 Å². The molecule has 0 aromatic rings. The maximum Gasteiger partial charge on any atom is 0.245 e. The number of alkyl halides is 2. The molecule has 204 valence electrons. The molecule has 4 aliphatic rings. The predicted molar refractivity (Wildman–Crippen MR) is 142 cm³/mol. The van der Waals surface area contributed by atoms with Crippen LogP contribution in [0.2, 0.25) is 0 Å². The molecule has 0 aromatic carbocycles. The zero-order valence-electron chi connectivity index (χ0n) is 22.0. The lowest BCUT2D eigenvalue weighted by atomic mass is 9.79. The number of halogens is 2. The summed E-state index contributed by atoms with van der Waals surface area (Å²) in [4.78, 5) is 16.0. The first-order valence-electron chi connectivity index (χ1n) is 13.5. The van der Waals surface area contributed by atoms with Crippen molar-refractivity contribution in [3.63, 3.8) is 0 Å². The van der Waals surface area contributed by atoms with Crippen molar-refractivity contribution in [2.75, 3.05) is 39.8 Å². The summed E-state index contributed by atoms with van der Waals surface area (Å²) < 4.78 is 28.6. The molecular formula is C27H41F2N7O. The first-order valence-corrected chi connectivity index (χ1v) is 13.5. The summed E-state index contributed by atoms with van der Waals surface area (Å²) in [5, 5.41) is 27.1. The Bertz CT molecular complexity index is 970. The van der Waals surface area contributed by atoms with Crippen LogP contribution < -0.4 is 16.0 Å². The van der Waals surface area contributed by atoms with Crippen LogP contribution in [0.1, 0.15) is 45.4 Å². The lowest BCUT2D eigenvalue weighted by Crippen LogP contribution is -2.58. The molecule has 0 spiro atoms. The van der Waals surface area contributed by atoms with E-state index in [0.717, 1.165) is 62.7 Å². The minimum absolute atomic E-state index is 0.00941. The van der Waals surface area contributed by atoms with Crippen LogP contribution in [0.25, 0.3) is 0 Å². The number of carbonyl (C=O) groups excluding carboxylic acids is 1. The monoisotopic (exact) mass is 517 g/mol. The van der Waals surface area contributed by atoms with E-state index in [1.165, 1.54) is 0 Å². The fourth-order valence-electron chi connectivity index (χ4n) is 6.25. The summed E-state index contributed by atoms with van der Waals surface area (Å²) in [6.45, 7) is 5.27. The van der Waals surface area contributed by atoms with E-state index in [9.17, 15) is 19.0 Å². The average molecular weight is 518 g/mol. The first kappa shape index (κ1) is 27.4. The molecule has 4 rings (SSSR count). The summed E-state index contributed by atoms with van der Waals surface area (Å²) in [6.07, 6.45) is 6.56. The maximum atomic E-state index is 14.3. The van der Waals surface area contributed by atoms with Gasteiger partial charge in [-0.3, -0.25) is 10.2 Å². The summed E-state index contributed by atoms with van der Waals surface area (Å²) in [5.74, 6) is -0.796. The van der Waals surface area contributed by atoms with E-state index in [-0.39, 0.29) is 24.3 Å². The lowest BCUT2D eigenvalue weighted by molar-refractivity contribution is -0.130. The van der Waals surface area contributed by atoms with Gasteiger partial charge in [0.2, 0.25) is 12.3 Å². The third-order valence-corrected chi connectivity index (χ3v) is 8.25. The van der Waals surface area contributed by atoms with Gasteiger partial charge in [-0.05, 0) is 56.3 Å².